The molecule has 0 saturated carbocycles. The number of nitrogen functional groups attached to an aromatic ring is 1. The number of halogens is 1. The summed E-state index contributed by atoms with van der Waals surface area (Å²) >= 11 is 1.68. The summed E-state index contributed by atoms with van der Waals surface area (Å²) in [6, 6.07) is 0.134. The van der Waals surface area contributed by atoms with Gasteiger partial charge >= 0.3 is 0 Å². The first-order chi connectivity index (χ1) is 7.17. The van der Waals surface area contributed by atoms with Crippen molar-refractivity contribution in [3.63, 3.8) is 0 Å². The zero-order valence-electron chi connectivity index (χ0n) is 8.62. The molecular weight excluding hydrogens is 217 g/mol. The lowest BCUT2D eigenvalue weighted by atomic mass is 10.4. The smallest absolute Gasteiger partial charge is 0.239 e. The zero-order chi connectivity index (χ0) is 11.3. The lowest BCUT2D eigenvalue weighted by Crippen LogP contribution is -2.20. The molecule has 0 aliphatic heterocycles. The Labute approximate surface area is 92.0 Å². The first kappa shape index (κ1) is 12.0. The Morgan fingerprint density at radius 2 is 2.40 bits per heavy atom. The van der Waals surface area contributed by atoms with Crippen LogP contribution >= 0.6 is 11.8 Å². The van der Waals surface area contributed by atoms with Gasteiger partial charge in [0.25, 0.3) is 0 Å². The Morgan fingerprint density at radius 3 is 3.00 bits per heavy atom. The van der Waals surface area contributed by atoms with E-state index in [2.05, 4.69) is 20.7 Å². The van der Waals surface area contributed by atoms with E-state index in [1.54, 1.807) is 11.8 Å². The number of thioether (sulfide) groups is 1. The molecule has 15 heavy (non-hydrogen) atoms. The Bertz CT molecular complexity index is 322. The maximum atomic E-state index is 13.2. The van der Waals surface area contributed by atoms with Gasteiger partial charge in [-0.3, -0.25) is 5.43 Å². The highest BCUT2D eigenvalue weighted by Crippen LogP contribution is 2.13. The standard InChI is InChI=1S/C8H14FN5S/c1-5(4-15-2)12-7-6(9)3-11-8(13-7)14-10/h3,5H,4,10H2,1-2H3,(H2,11,12,13,14). The molecule has 0 saturated heterocycles. The van der Waals surface area contributed by atoms with Crippen molar-refractivity contribution in [3.8, 4) is 0 Å². The minimum absolute atomic E-state index is 0.134. The van der Waals surface area contributed by atoms with Gasteiger partial charge in [-0.2, -0.15) is 16.7 Å². The predicted octanol–water partition coefficient (Wildman–Crippen LogP) is 1.06. The summed E-state index contributed by atoms with van der Waals surface area (Å²) in [6.45, 7) is 1.95. The summed E-state index contributed by atoms with van der Waals surface area (Å²) in [5, 5.41) is 2.94. The molecule has 0 spiro atoms. The minimum Gasteiger partial charge on any atom is -0.364 e. The third-order valence-electron chi connectivity index (χ3n) is 1.67. The van der Waals surface area contributed by atoms with Crippen LogP contribution in [0.1, 0.15) is 6.92 Å². The summed E-state index contributed by atoms with van der Waals surface area (Å²) in [5.74, 6) is 5.87. The van der Waals surface area contributed by atoms with Gasteiger partial charge in [0.05, 0.1) is 6.20 Å². The van der Waals surface area contributed by atoms with E-state index in [1.165, 1.54) is 0 Å². The van der Waals surface area contributed by atoms with Crippen molar-refractivity contribution in [1.29, 1.82) is 0 Å². The van der Waals surface area contributed by atoms with Crippen LogP contribution in [0, 0.1) is 5.82 Å². The van der Waals surface area contributed by atoms with Crippen molar-refractivity contribution in [2.75, 3.05) is 22.8 Å². The number of anilines is 2. The van der Waals surface area contributed by atoms with Crippen molar-refractivity contribution >= 4 is 23.5 Å². The second kappa shape index (κ2) is 5.72. The lowest BCUT2D eigenvalue weighted by Gasteiger charge is -2.13. The first-order valence-electron chi connectivity index (χ1n) is 4.42. The van der Waals surface area contributed by atoms with Crippen molar-refractivity contribution in [2.45, 2.75) is 13.0 Å². The number of nitrogens with two attached hydrogens (primary N) is 1. The van der Waals surface area contributed by atoms with Crippen LogP contribution in [0.3, 0.4) is 0 Å². The molecule has 84 valence electrons. The second-order valence-electron chi connectivity index (χ2n) is 3.04. The van der Waals surface area contributed by atoms with Gasteiger partial charge < -0.3 is 5.32 Å². The highest BCUT2D eigenvalue weighted by molar-refractivity contribution is 7.98. The van der Waals surface area contributed by atoms with E-state index in [4.69, 9.17) is 5.84 Å². The lowest BCUT2D eigenvalue weighted by molar-refractivity contribution is 0.615. The van der Waals surface area contributed by atoms with Crippen LogP contribution in [0.5, 0.6) is 0 Å². The van der Waals surface area contributed by atoms with Crippen LogP contribution in [-0.2, 0) is 0 Å². The molecule has 5 nitrogen and oxygen atoms in total. The molecule has 0 radical (unpaired) electrons. The van der Waals surface area contributed by atoms with E-state index in [9.17, 15) is 4.39 Å². The predicted molar refractivity (Wildman–Crippen MR) is 61.3 cm³/mol. The van der Waals surface area contributed by atoms with Gasteiger partial charge in [-0.1, -0.05) is 0 Å². The van der Waals surface area contributed by atoms with Crippen LogP contribution in [0.2, 0.25) is 0 Å². The van der Waals surface area contributed by atoms with E-state index in [0.29, 0.717) is 0 Å². The highest BCUT2D eigenvalue weighted by Gasteiger charge is 2.09. The molecule has 1 unspecified atom stereocenters. The van der Waals surface area contributed by atoms with Gasteiger partial charge in [-0.05, 0) is 13.2 Å². The topological polar surface area (TPSA) is 75.9 Å². The number of hydrogen-bond acceptors (Lipinski definition) is 6. The Hall–Kier alpha value is -1.08. The van der Waals surface area contributed by atoms with Crippen LogP contribution in [-0.4, -0.2) is 28.0 Å². The zero-order valence-corrected chi connectivity index (χ0v) is 9.44. The van der Waals surface area contributed by atoms with E-state index < -0.39 is 5.82 Å². The van der Waals surface area contributed by atoms with Crippen LogP contribution < -0.4 is 16.6 Å². The Morgan fingerprint density at radius 1 is 1.67 bits per heavy atom. The van der Waals surface area contributed by atoms with Crippen molar-refractivity contribution in [1.82, 2.24) is 9.97 Å². The molecular formula is C8H14FN5S. The molecule has 0 aromatic carbocycles. The molecule has 0 bridgehead atoms. The quantitative estimate of drug-likeness (QED) is 0.520. The molecule has 1 atom stereocenters. The molecule has 0 aliphatic rings. The van der Waals surface area contributed by atoms with Crippen molar-refractivity contribution in [3.05, 3.63) is 12.0 Å². The van der Waals surface area contributed by atoms with E-state index in [0.717, 1.165) is 11.9 Å². The Kier molecular flexibility index (Phi) is 4.57. The molecule has 4 N–H and O–H groups in total. The molecule has 0 aliphatic carbocycles. The highest BCUT2D eigenvalue weighted by atomic mass is 32.2. The van der Waals surface area contributed by atoms with E-state index in [1.807, 2.05) is 13.2 Å². The largest absolute Gasteiger partial charge is 0.364 e. The van der Waals surface area contributed by atoms with Crippen molar-refractivity contribution < 1.29 is 4.39 Å². The maximum Gasteiger partial charge on any atom is 0.239 e. The molecule has 1 aromatic heterocycles. The van der Waals surface area contributed by atoms with Gasteiger partial charge in [0.2, 0.25) is 5.95 Å². The number of hydrogen-bond donors (Lipinski definition) is 3. The number of aromatic nitrogens is 2. The maximum absolute atomic E-state index is 13.2. The number of nitrogens with one attached hydrogen (secondary N) is 2. The monoisotopic (exact) mass is 231 g/mol. The molecule has 7 heteroatoms. The van der Waals surface area contributed by atoms with Gasteiger partial charge in [0.15, 0.2) is 11.6 Å². The summed E-state index contributed by atoms with van der Waals surface area (Å²) in [5.41, 5.74) is 2.27. The fraction of sp³-hybridized carbons (Fsp3) is 0.500. The fourth-order valence-electron chi connectivity index (χ4n) is 1.06. The number of rotatable bonds is 5. The molecule has 1 aromatic rings. The Balaban J connectivity index is 2.74. The van der Waals surface area contributed by atoms with E-state index >= 15 is 0 Å². The van der Waals surface area contributed by atoms with Gasteiger partial charge in [0, 0.05) is 11.8 Å². The van der Waals surface area contributed by atoms with Crippen LogP contribution in [0.25, 0.3) is 0 Å². The third-order valence-corrected chi connectivity index (χ3v) is 2.51. The average Bonchev–Trinajstić information content (AvgIpc) is 2.21. The molecule has 1 rings (SSSR count). The summed E-state index contributed by atoms with van der Waals surface area (Å²) < 4.78 is 13.2. The number of hydrazine groups is 1. The third kappa shape index (κ3) is 3.52. The summed E-state index contributed by atoms with van der Waals surface area (Å²) in [4.78, 5) is 7.51. The van der Waals surface area contributed by atoms with E-state index in [-0.39, 0.29) is 17.8 Å². The first-order valence-corrected chi connectivity index (χ1v) is 5.81. The van der Waals surface area contributed by atoms with Gasteiger partial charge in [-0.25, -0.2) is 15.2 Å². The second-order valence-corrected chi connectivity index (χ2v) is 3.95. The SMILES string of the molecule is CSCC(C)Nc1nc(NN)ncc1F. The van der Waals surface area contributed by atoms with Crippen molar-refractivity contribution in [2.24, 2.45) is 5.84 Å². The van der Waals surface area contributed by atoms with Crippen LogP contribution in [0.15, 0.2) is 6.20 Å². The molecule has 0 amide bonds. The summed E-state index contributed by atoms with van der Waals surface area (Å²) in [6.07, 6.45) is 3.07. The normalized spacial score (nSPS) is 12.3. The summed E-state index contributed by atoms with van der Waals surface area (Å²) in [7, 11) is 0. The van der Waals surface area contributed by atoms with Gasteiger partial charge in [-0.15, -0.1) is 0 Å². The molecule has 0 fully saturated rings. The van der Waals surface area contributed by atoms with Gasteiger partial charge in [0.1, 0.15) is 0 Å². The molecule has 1 heterocycles. The van der Waals surface area contributed by atoms with Crippen LogP contribution in [0.4, 0.5) is 16.2 Å². The fourth-order valence-corrected chi connectivity index (χ4v) is 1.65. The number of nitrogens with zero attached hydrogens (tertiary/aromatic N) is 2. The average molecular weight is 231 g/mol. The minimum atomic E-state index is -0.484.